The van der Waals surface area contributed by atoms with Gasteiger partial charge in [0, 0.05) is 12.0 Å². The molecular weight excluding hydrogens is 150 g/mol. The maximum absolute atomic E-state index is 5.33. The summed E-state index contributed by atoms with van der Waals surface area (Å²) >= 11 is 0. The summed E-state index contributed by atoms with van der Waals surface area (Å²) in [6.45, 7) is 3.17. The van der Waals surface area contributed by atoms with Crippen LogP contribution in [-0.2, 0) is 4.74 Å². The molecular formula is C10H17NO. The van der Waals surface area contributed by atoms with Crippen molar-refractivity contribution < 1.29 is 4.74 Å². The van der Waals surface area contributed by atoms with Gasteiger partial charge in [-0.3, -0.25) is 0 Å². The van der Waals surface area contributed by atoms with Crippen molar-refractivity contribution in [1.29, 1.82) is 0 Å². The fourth-order valence-corrected chi connectivity index (χ4v) is 1.65. The summed E-state index contributed by atoms with van der Waals surface area (Å²) in [7, 11) is 3.70. The topological polar surface area (TPSA) is 21.3 Å². The number of ether oxygens (including phenoxy) is 1. The lowest BCUT2D eigenvalue weighted by molar-refractivity contribution is 0.178. The minimum Gasteiger partial charge on any atom is -0.500 e. The third-order valence-corrected chi connectivity index (χ3v) is 2.33. The van der Waals surface area contributed by atoms with Crippen molar-refractivity contribution in [3.05, 3.63) is 24.0 Å². The molecule has 1 atom stereocenters. The Morgan fingerprint density at radius 1 is 1.67 bits per heavy atom. The summed E-state index contributed by atoms with van der Waals surface area (Å²) in [5, 5.41) is 3.19. The van der Waals surface area contributed by atoms with Gasteiger partial charge in [0.15, 0.2) is 0 Å². The van der Waals surface area contributed by atoms with Crippen LogP contribution in [0.1, 0.15) is 13.3 Å². The Balaban J connectivity index is 2.76. The molecule has 0 aromatic carbocycles. The van der Waals surface area contributed by atoms with Crippen LogP contribution in [0.4, 0.5) is 0 Å². The highest BCUT2D eigenvalue weighted by molar-refractivity contribution is 5.21. The van der Waals surface area contributed by atoms with Crippen molar-refractivity contribution in [3.8, 4) is 0 Å². The highest BCUT2D eigenvalue weighted by Crippen LogP contribution is 2.33. The summed E-state index contributed by atoms with van der Waals surface area (Å²) in [5.74, 6) is 1.07. The van der Waals surface area contributed by atoms with Crippen LogP contribution in [0.3, 0.4) is 0 Å². The first kappa shape index (κ1) is 9.33. The van der Waals surface area contributed by atoms with E-state index < -0.39 is 0 Å². The van der Waals surface area contributed by atoms with Crippen molar-refractivity contribution in [2.24, 2.45) is 5.41 Å². The van der Waals surface area contributed by atoms with E-state index in [1.807, 2.05) is 13.1 Å². The highest BCUT2D eigenvalue weighted by Gasteiger charge is 2.29. The first-order chi connectivity index (χ1) is 5.73. The Morgan fingerprint density at radius 3 is 3.00 bits per heavy atom. The molecule has 1 aliphatic rings. The average Bonchev–Trinajstić information content (AvgIpc) is 2.05. The number of allylic oxidation sites excluding steroid dienone is 3. The molecule has 2 heteroatoms. The second-order valence-corrected chi connectivity index (χ2v) is 3.46. The van der Waals surface area contributed by atoms with Crippen molar-refractivity contribution in [1.82, 2.24) is 5.32 Å². The Morgan fingerprint density at radius 2 is 2.42 bits per heavy atom. The minimum absolute atomic E-state index is 0.137. The minimum atomic E-state index is 0.137. The molecule has 1 aliphatic carbocycles. The molecule has 1 unspecified atom stereocenters. The quantitative estimate of drug-likeness (QED) is 0.690. The molecule has 0 spiro atoms. The first-order valence-electron chi connectivity index (χ1n) is 4.29. The molecule has 0 aliphatic heterocycles. The second-order valence-electron chi connectivity index (χ2n) is 3.46. The maximum Gasteiger partial charge on any atom is 0.103 e. The summed E-state index contributed by atoms with van der Waals surface area (Å²) in [6, 6.07) is 0. The van der Waals surface area contributed by atoms with Crippen LogP contribution in [0, 0.1) is 5.41 Å². The van der Waals surface area contributed by atoms with Crippen molar-refractivity contribution in [2.75, 3.05) is 20.7 Å². The van der Waals surface area contributed by atoms with Crippen LogP contribution in [0.5, 0.6) is 0 Å². The van der Waals surface area contributed by atoms with E-state index in [-0.39, 0.29) is 5.41 Å². The van der Waals surface area contributed by atoms with E-state index in [2.05, 4.69) is 24.4 Å². The van der Waals surface area contributed by atoms with E-state index in [4.69, 9.17) is 4.74 Å². The zero-order chi connectivity index (χ0) is 9.03. The number of rotatable bonds is 3. The molecule has 0 heterocycles. The number of methoxy groups -OCH3 is 1. The molecule has 68 valence electrons. The molecule has 0 saturated heterocycles. The zero-order valence-corrected chi connectivity index (χ0v) is 8.05. The van der Waals surface area contributed by atoms with E-state index in [1.165, 1.54) is 0 Å². The Labute approximate surface area is 74.3 Å². The normalized spacial score (nSPS) is 28.4. The van der Waals surface area contributed by atoms with Crippen LogP contribution in [0.25, 0.3) is 0 Å². The van der Waals surface area contributed by atoms with Gasteiger partial charge in [0.1, 0.15) is 5.76 Å². The third-order valence-electron chi connectivity index (χ3n) is 2.33. The van der Waals surface area contributed by atoms with Gasteiger partial charge in [-0.1, -0.05) is 19.1 Å². The van der Waals surface area contributed by atoms with Crippen LogP contribution in [0.15, 0.2) is 24.0 Å². The zero-order valence-electron chi connectivity index (χ0n) is 8.05. The summed E-state index contributed by atoms with van der Waals surface area (Å²) in [5.41, 5.74) is 0.137. The van der Waals surface area contributed by atoms with Gasteiger partial charge < -0.3 is 10.1 Å². The predicted molar refractivity (Wildman–Crippen MR) is 50.9 cm³/mol. The lowest BCUT2D eigenvalue weighted by Gasteiger charge is -2.31. The summed E-state index contributed by atoms with van der Waals surface area (Å²) in [4.78, 5) is 0. The molecule has 0 saturated carbocycles. The second kappa shape index (κ2) is 3.76. The van der Waals surface area contributed by atoms with E-state index in [1.54, 1.807) is 7.11 Å². The molecule has 0 aromatic rings. The molecule has 1 N–H and O–H groups in total. The SMILES string of the molecule is CNCC1(C)CC=CC=C1OC. The van der Waals surface area contributed by atoms with Crippen LogP contribution >= 0.6 is 0 Å². The van der Waals surface area contributed by atoms with Gasteiger partial charge in [-0.15, -0.1) is 0 Å². The number of hydrogen-bond acceptors (Lipinski definition) is 2. The van der Waals surface area contributed by atoms with Gasteiger partial charge in [0.05, 0.1) is 7.11 Å². The van der Waals surface area contributed by atoms with E-state index >= 15 is 0 Å². The molecule has 2 nitrogen and oxygen atoms in total. The summed E-state index contributed by atoms with van der Waals surface area (Å²) < 4.78 is 5.33. The fourth-order valence-electron chi connectivity index (χ4n) is 1.65. The largest absolute Gasteiger partial charge is 0.500 e. The molecule has 12 heavy (non-hydrogen) atoms. The van der Waals surface area contributed by atoms with E-state index in [0.717, 1.165) is 18.7 Å². The third kappa shape index (κ3) is 1.69. The molecule has 1 rings (SSSR count). The van der Waals surface area contributed by atoms with Crippen LogP contribution < -0.4 is 5.32 Å². The van der Waals surface area contributed by atoms with Crippen molar-refractivity contribution >= 4 is 0 Å². The smallest absolute Gasteiger partial charge is 0.103 e. The molecule has 0 fully saturated rings. The van der Waals surface area contributed by atoms with E-state index in [0.29, 0.717) is 0 Å². The lowest BCUT2D eigenvalue weighted by atomic mass is 9.81. The van der Waals surface area contributed by atoms with Gasteiger partial charge in [-0.2, -0.15) is 0 Å². The molecule has 0 bridgehead atoms. The van der Waals surface area contributed by atoms with Gasteiger partial charge in [-0.25, -0.2) is 0 Å². The molecule has 0 amide bonds. The molecule has 0 radical (unpaired) electrons. The van der Waals surface area contributed by atoms with E-state index in [9.17, 15) is 0 Å². The Hall–Kier alpha value is -0.760. The average molecular weight is 167 g/mol. The standard InChI is InChI=1S/C10H17NO/c1-10(8-11-2)7-5-4-6-9(10)12-3/h4-6,11H,7-8H2,1-3H3. The fraction of sp³-hybridized carbons (Fsp3) is 0.600. The maximum atomic E-state index is 5.33. The van der Waals surface area contributed by atoms with Gasteiger partial charge in [-0.05, 0) is 19.5 Å². The van der Waals surface area contributed by atoms with Gasteiger partial charge in [0.25, 0.3) is 0 Å². The van der Waals surface area contributed by atoms with Crippen LogP contribution in [0.2, 0.25) is 0 Å². The Bertz CT molecular complexity index is 208. The van der Waals surface area contributed by atoms with Gasteiger partial charge >= 0.3 is 0 Å². The van der Waals surface area contributed by atoms with Crippen molar-refractivity contribution in [3.63, 3.8) is 0 Å². The first-order valence-corrected chi connectivity index (χ1v) is 4.29. The van der Waals surface area contributed by atoms with Crippen LogP contribution in [-0.4, -0.2) is 20.7 Å². The van der Waals surface area contributed by atoms with Gasteiger partial charge in [0.2, 0.25) is 0 Å². The number of nitrogens with one attached hydrogen (secondary N) is 1. The lowest BCUT2D eigenvalue weighted by Crippen LogP contribution is -2.32. The monoisotopic (exact) mass is 167 g/mol. The predicted octanol–water partition coefficient (Wildman–Crippen LogP) is 1.70. The molecule has 0 aromatic heterocycles. The van der Waals surface area contributed by atoms with Crippen molar-refractivity contribution in [2.45, 2.75) is 13.3 Å². The Kier molecular flexibility index (Phi) is 2.93. The number of hydrogen-bond donors (Lipinski definition) is 1. The highest BCUT2D eigenvalue weighted by atomic mass is 16.5. The summed E-state index contributed by atoms with van der Waals surface area (Å²) in [6.07, 6.45) is 7.32.